The number of amides is 1. The number of hydrogen-bond acceptors (Lipinski definition) is 3. The molecule has 5 nitrogen and oxygen atoms in total. The molecule has 0 fully saturated rings. The number of carbonyl (C=O) groups is 2. The number of hydrogen-bond donors (Lipinski definition) is 1. The van der Waals surface area contributed by atoms with Crippen LogP contribution < -0.4 is 9.64 Å². The molecule has 0 spiro atoms. The van der Waals surface area contributed by atoms with Gasteiger partial charge in [-0.3, -0.25) is 9.59 Å². The van der Waals surface area contributed by atoms with Crippen LogP contribution in [0.5, 0.6) is 5.75 Å². The van der Waals surface area contributed by atoms with Crippen molar-refractivity contribution in [3.63, 3.8) is 0 Å². The molecule has 1 atom stereocenters. The lowest BCUT2D eigenvalue weighted by molar-refractivity contribution is -0.142. The number of nitrogens with zero attached hydrogens (tertiary/aromatic N) is 1. The summed E-state index contributed by atoms with van der Waals surface area (Å²) in [5.41, 5.74) is 3.82. The van der Waals surface area contributed by atoms with Gasteiger partial charge in [0.15, 0.2) is 6.10 Å². The van der Waals surface area contributed by atoms with E-state index in [0.29, 0.717) is 18.0 Å². The van der Waals surface area contributed by atoms with Gasteiger partial charge in [0, 0.05) is 0 Å². The van der Waals surface area contributed by atoms with Gasteiger partial charge in [-0.25, -0.2) is 0 Å². The summed E-state index contributed by atoms with van der Waals surface area (Å²) in [6.45, 7) is 4.33. The Morgan fingerprint density at radius 1 is 1.12 bits per heavy atom. The maximum atomic E-state index is 12.7. The number of carbonyl (C=O) groups excluding carboxylic acids is 1. The molecule has 2 aromatic carbocycles. The van der Waals surface area contributed by atoms with Gasteiger partial charge < -0.3 is 14.7 Å². The van der Waals surface area contributed by atoms with Gasteiger partial charge in [-0.2, -0.15) is 0 Å². The maximum absolute atomic E-state index is 12.7. The summed E-state index contributed by atoms with van der Waals surface area (Å²) < 4.78 is 5.63. The van der Waals surface area contributed by atoms with Gasteiger partial charge in [-0.15, -0.1) is 0 Å². The van der Waals surface area contributed by atoms with Gasteiger partial charge in [0.1, 0.15) is 5.75 Å². The van der Waals surface area contributed by atoms with E-state index in [0.717, 1.165) is 16.7 Å². The number of aliphatic carboxylic acids is 1. The summed E-state index contributed by atoms with van der Waals surface area (Å²) >= 11 is 0. The van der Waals surface area contributed by atoms with E-state index >= 15 is 0 Å². The number of carboxylic acids is 1. The van der Waals surface area contributed by atoms with Gasteiger partial charge in [0.25, 0.3) is 5.91 Å². The second-order valence-electron chi connectivity index (χ2n) is 6.09. The van der Waals surface area contributed by atoms with Crippen LogP contribution in [-0.4, -0.2) is 23.1 Å². The third-order valence-corrected chi connectivity index (χ3v) is 4.04. The average molecular weight is 325 g/mol. The van der Waals surface area contributed by atoms with Crippen molar-refractivity contribution in [2.75, 3.05) is 4.90 Å². The predicted molar refractivity (Wildman–Crippen MR) is 90.2 cm³/mol. The second kappa shape index (κ2) is 6.35. The Morgan fingerprint density at radius 3 is 2.46 bits per heavy atom. The standard InChI is InChI=1S/C19H19NO4/c1-12-3-6-14(7-4-12)11-20-15-9-13(2)5-8-16(15)24-17(19(20)23)10-18(21)22/h3-9,17H,10-11H2,1-2H3,(H,21,22). The van der Waals surface area contributed by atoms with Crippen molar-refractivity contribution in [2.24, 2.45) is 0 Å². The van der Waals surface area contributed by atoms with Gasteiger partial charge >= 0.3 is 5.97 Å². The Labute approximate surface area is 140 Å². The maximum Gasteiger partial charge on any atom is 0.307 e. The molecular weight excluding hydrogens is 306 g/mol. The Hall–Kier alpha value is -2.82. The molecule has 5 heteroatoms. The van der Waals surface area contributed by atoms with Gasteiger partial charge in [0.05, 0.1) is 18.7 Å². The number of fused-ring (bicyclic) bond motifs is 1. The first-order valence-corrected chi connectivity index (χ1v) is 7.80. The van der Waals surface area contributed by atoms with E-state index in [1.807, 2.05) is 50.2 Å². The zero-order chi connectivity index (χ0) is 17.3. The summed E-state index contributed by atoms with van der Waals surface area (Å²) in [7, 11) is 0. The van der Waals surface area contributed by atoms with Crippen molar-refractivity contribution in [2.45, 2.75) is 32.9 Å². The molecule has 1 amide bonds. The number of anilines is 1. The van der Waals surface area contributed by atoms with Crippen LogP contribution in [0.25, 0.3) is 0 Å². The molecule has 1 aliphatic rings. The topological polar surface area (TPSA) is 66.8 Å². The quantitative estimate of drug-likeness (QED) is 0.938. The van der Waals surface area contributed by atoms with Crippen LogP contribution in [0.2, 0.25) is 0 Å². The highest BCUT2D eigenvalue weighted by molar-refractivity contribution is 6.01. The summed E-state index contributed by atoms with van der Waals surface area (Å²) in [6.07, 6.45) is -1.35. The van der Waals surface area contributed by atoms with E-state index in [9.17, 15) is 9.59 Å². The number of carboxylic acid groups (broad SMARTS) is 1. The second-order valence-corrected chi connectivity index (χ2v) is 6.09. The van der Waals surface area contributed by atoms with E-state index in [4.69, 9.17) is 9.84 Å². The monoisotopic (exact) mass is 325 g/mol. The van der Waals surface area contributed by atoms with Crippen molar-refractivity contribution >= 4 is 17.6 Å². The highest BCUT2D eigenvalue weighted by Crippen LogP contribution is 2.36. The number of ether oxygens (including phenoxy) is 1. The van der Waals surface area contributed by atoms with Crippen LogP contribution in [0.3, 0.4) is 0 Å². The van der Waals surface area contributed by atoms with Crippen molar-refractivity contribution in [3.8, 4) is 5.75 Å². The predicted octanol–water partition coefficient (Wildman–Crippen LogP) is 3.07. The third kappa shape index (κ3) is 3.25. The highest BCUT2D eigenvalue weighted by atomic mass is 16.5. The van der Waals surface area contributed by atoms with Crippen molar-refractivity contribution in [1.82, 2.24) is 0 Å². The molecule has 1 heterocycles. The van der Waals surface area contributed by atoms with E-state index in [-0.39, 0.29) is 12.3 Å². The lowest BCUT2D eigenvalue weighted by Gasteiger charge is -2.34. The molecule has 24 heavy (non-hydrogen) atoms. The Kier molecular flexibility index (Phi) is 4.25. The minimum atomic E-state index is -1.06. The summed E-state index contributed by atoms with van der Waals surface area (Å²) in [6, 6.07) is 13.5. The van der Waals surface area contributed by atoms with E-state index in [2.05, 4.69) is 0 Å². The molecule has 0 radical (unpaired) electrons. The van der Waals surface area contributed by atoms with Crippen LogP contribution in [0.1, 0.15) is 23.1 Å². The fourth-order valence-electron chi connectivity index (χ4n) is 2.76. The van der Waals surface area contributed by atoms with Gasteiger partial charge in [0.2, 0.25) is 0 Å². The van der Waals surface area contributed by atoms with E-state index < -0.39 is 12.1 Å². The zero-order valence-electron chi connectivity index (χ0n) is 13.7. The summed E-state index contributed by atoms with van der Waals surface area (Å²) in [4.78, 5) is 25.4. The Balaban J connectivity index is 1.97. The molecular formula is C19H19NO4. The zero-order valence-corrected chi connectivity index (χ0v) is 13.7. The Morgan fingerprint density at radius 2 is 1.79 bits per heavy atom. The van der Waals surface area contributed by atoms with Gasteiger partial charge in [-0.05, 0) is 37.1 Å². The highest BCUT2D eigenvalue weighted by Gasteiger charge is 2.35. The molecule has 0 aliphatic carbocycles. The first-order chi connectivity index (χ1) is 11.4. The molecule has 0 bridgehead atoms. The molecule has 124 valence electrons. The van der Waals surface area contributed by atoms with Crippen LogP contribution in [-0.2, 0) is 16.1 Å². The minimum absolute atomic E-state index is 0.323. The third-order valence-electron chi connectivity index (χ3n) is 4.04. The smallest absolute Gasteiger partial charge is 0.307 e. The largest absolute Gasteiger partial charge is 0.481 e. The molecule has 1 unspecified atom stereocenters. The molecule has 0 saturated carbocycles. The average Bonchev–Trinajstić information content (AvgIpc) is 2.53. The number of rotatable bonds is 4. The SMILES string of the molecule is Cc1ccc(CN2C(=O)C(CC(=O)O)Oc3ccc(C)cc32)cc1. The first kappa shape index (κ1) is 16.1. The van der Waals surface area contributed by atoms with E-state index in [1.54, 1.807) is 11.0 Å². The van der Waals surface area contributed by atoms with Crippen molar-refractivity contribution < 1.29 is 19.4 Å². The summed E-state index contributed by atoms with van der Waals surface area (Å²) in [5.74, 6) is -0.839. The minimum Gasteiger partial charge on any atom is -0.481 e. The fourth-order valence-corrected chi connectivity index (χ4v) is 2.76. The Bertz CT molecular complexity index is 782. The van der Waals surface area contributed by atoms with E-state index in [1.165, 1.54) is 0 Å². The van der Waals surface area contributed by atoms with Crippen molar-refractivity contribution in [3.05, 3.63) is 59.2 Å². The van der Waals surface area contributed by atoms with Crippen LogP contribution in [0.4, 0.5) is 5.69 Å². The number of benzene rings is 2. The molecule has 0 saturated heterocycles. The fraction of sp³-hybridized carbons (Fsp3) is 0.263. The molecule has 2 aromatic rings. The van der Waals surface area contributed by atoms with Crippen LogP contribution >= 0.6 is 0 Å². The van der Waals surface area contributed by atoms with Gasteiger partial charge in [-0.1, -0.05) is 35.9 Å². The molecule has 0 aromatic heterocycles. The summed E-state index contributed by atoms with van der Waals surface area (Å²) in [5, 5.41) is 9.03. The van der Waals surface area contributed by atoms with Crippen molar-refractivity contribution in [1.29, 1.82) is 0 Å². The number of aryl methyl sites for hydroxylation is 2. The molecule has 3 rings (SSSR count). The lowest BCUT2D eigenvalue weighted by atomic mass is 10.1. The normalized spacial score (nSPS) is 16.5. The lowest BCUT2D eigenvalue weighted by Crippen LogP contribution is -2.46. The molecule has 1 N–H and O–H groups in total. The van der Waals surface area contributed by atoms with Crippen LogP contribution in [0.15, 0.2) is 42.5 Å². The molecule has 1 aliphatic heterocycles. The van der Waals surface area contributed by atoms with Crippen LogP contribution in [0, 0.1) is 13.8 Å². The first-order valence-electron chi connectivity index (χ1n) is 7.80.